The highest BCUT2D eigenvalue weighted by Gasteiger charge is 2.39. The highest BCUT2D eigenvalue weighted by Crippen LogP contribution is 2.40. The molecular weight excluding hydrogens is 440 g/mol. The monoisotopic (exact) mass is 472 g/mol. The molecule has 0 radical (unpaired) electrons. The van der Waals surface area contributed by atoms with Crippen LogP contribution >= 0.6 is 23.1 Å². The van der Waals surface area contributed by atoms with Crippen molar-refractivity contribution in [2.24, 2.45) is 5.92 Å². The lowest BCUT2D eigenvalue weighted by atomic mass is 10.0. The Labute approximate surface area is 188 Å². The molecule has 6 nitrogen and oxygen atoms in total. The van der Waals surface area contributed by atoms with Gasteiger partial charge in [-0.25, -0.2) is 13.2 Å². The van der Waals surface area contributed by atoms with Gasteiger partial charge in [-0.3, -0.25) is 4.90 Å². The average Bonchev–Trinajstić information content (AvgIpc) is 3.49. The van der Waals surface area contributed by atoms with E-state index in [0.29, 0.717) is 37.0 Å². The van der Waals surface area contributed by atoms with Crippen LogP contribution in [0.1, 0.15) is 59.8 Å². The molecule has 168 valence electrons. The number of ether oxygens (including phenoxy) is 1. The van der Waals surface area contributed by atoms with Gasteiger partial charge in [-0.05, 0) is 61.5 Å². The van der Waals surface area contributed by atoms with Crippen LogP contribution in [-0.2, 0) is 27.7 Å². The summed E-state index contributed by atoms with van der Waals surface area (Å²) >= 11 is 3.32. The van der Waals surface area contributed by atoms with Crippen molar-refractivity contribution < 1.29 is 17.9 Å². The average molecular weight is 473 g/mol. The SMILES string of the molecule is CCCN(CC1CC1)S(=O)(=O)c1sc2c(c1C(=O)OC)CCN(C1CCSCC1)C2. The zero-order chi connectivity index (χ0) is 21.3. The third kappa shape index (κ3) is 4.60. The maximum atomic E-state index is 13.6. The van der Waals surface area contributed by atoms with Crippen LogP contribution in [0.3, 0.4) is 0 Å². The molecule has 3 heterocycles. The molecular formula is C21H32N2O4S3. The number of methoxy groups -OCH3 is 1. The summed E-state index contributed by atoms with van der Waals surface area (Å²) in [6, 6.07) is 0.564. The molecule has 2 aliphatic heterocycles. The van der Waals surface area contributed by atoms with Crippen LogP contribution in [0.2, 0.25) is 0 Å². The Morgan fingerprint density at radius 2 is 1.97 bits per heavy atom. The van der Waals surface area contributed by atoms with Crippen LogP contribution in [0.15, 0.2) is 4.21 Å². The van der Waals surface area contributed by atoms with E-state index >= 15 is 0 Å². The van der Waals surface area contributed by atoms with Gasteiger partial charge >= 0.3 is 5.97 Å². The molecule has 0 spiro atoms. The molecule has 1 aromatic heterocycles. The second-order valence-corrected chi connectivity index (χ2v) is 13.0. The van der Waals surface area contributed by atoms with Crippen LogP contribution in [0.5, 0.6) is 0 Å². The number of hydrogen-bond acceptors (Lipinski definition) is 7. The van der Waals surface area contributed by atoms with Gasteiger partial charge in [0.2, 0.25) is 0 Å². The molecule has 1 aromatic rings. The van der Waals surface area contributed by atoms with E-state index in [1.807, 2.05) is 18.7 Å². The summed E-state index contributed by atoms with van der Waals surface area (Å²) in [5, 5.41) is 0. The zero-order valence-electron chi connectivity index (χ0n) is 17.9. The summed E-state index contributed by atoms with van der Waals surface area (Å²) in [7, 11) is -2.37. The third-order valence-electron chi connectivity index (χ3n) is 6.36. The predicted molar refractivity (Wildman–Crippen MR) is 122 cm³/mol. The number of fused-ring (bicyclic) bond motifs is 1. The Balaban J connectivity index is 1.67. The van der Waals surface area contributed by atoms with E-state index in [2.05, 4.69) is 4.90 Å². The first kappa shape index (κ1) is 22.6. The molecule has 0 unspecified atom stereocenters. The Kier molecular flexibility index (Phi) is 7.14. The first-order valence-electron chi connectivity index (χ1n) is 11.0. The second kappa shape index (κ2) is 9.48. The molecule has 1 aliphatic carbocycles. The van der Waals surface area contributed by atoms with E-state index in [-0.39, 0.29) is 4.21 Å². The molecule has 0 bridgehead atoms. The maximum absolute atomic E-state index is 13.6. The minimum atomic E-state index is -3.71. The minimum absolute atomic E-state index is 0.203. The van der Waals surface area contributed by atoms with Gasteiger partial charge in [0.15, 0.2) is 0 Å². The lowest BCUT2D eigenvalue weighted by Gasteiger charge is -2.36. The number of thioether (sulfide) groups is 1. The molecule has 30 heavy (non-hydrogen) atoms. The summed E-state index contributed by atoms with van der Waals surface area (Å²) < 4.78 is 34.1. The smallest absolute Gasteiger partial charge is 0.340 e. The van der Waals surface area contributed by atoms with Crippen LogP contribution < -0.4 is 0 Å². The van der Waals surface area contributed by atoms with Crippen molar-refractivity contribution >= 4 is 39.1 Å². The quantitative estimate of drug-likeness (QED) is 0.539. The zero-order valence-corrected chi connectivity index (χ0v) is 20.3. The molecule has 0 aromatic carbocycles. The Hall–Kier alpha value is -0.610. The van der Waals surface area contributed by atoms with Gasteiger partial charge in [0.05, 0.1) is 12.7 Å². The van der Waals surface area contributed by atoms with E-state index in [1.165, 1.54) is 42.8 Å². The summed E-state index contributed by atoms with van der Waals surface area (Å²) in [4.78, 5) is 16.2. The summed E-state index contributed by atoms with van der Waals surface area (Å²) in [5.41, 5.74) is 1.20. The van der Waals surface area contributed by atoms with Gasteiger partial charge in [-0.15, -0.1) is 11.3 Å². The van der Waals surface area contributed by atoms with Gasteiger partial charge in [0, 0.05) is 37.1 Å². The molecule has 3 aliphatic rings. The van der Waals surface area contributed by atoms with Crippen molar-refractivity contribution in [2.75, 3.05) is 38.2 Å². The first-order chi connectivity index (χ1) is 14.5. The van der Waals surface area contributed by atoms with Gasteiger partial charge in [0.25, 0.3) is 10.0 Å². The lowest BCUT2D eigenvalue weighted by molar-refractivity contribution is 0.0594. The van der Waals surface area contributed by atoms with E-state index < -0.39 is 16.0 Å². The molecule has 1 saturated heterocycles. The number of esters is 1. The first-order valence-corrected chi connectivity index (χ1v) is 14.4. The number of nitrogens with zero attached hydrogens (tertiary/aromatic N) is 2. The van der Waals surface area contributed by atoms with Crippen LogP contribution in [-0.4, -0.2) is 67.9 Å². The normalized spacial score (nSPS) is 21.0. The van der Waals surface area contributed by atoms with E-state index in [1.54, 1.807) is 4.31 Å². The predicted octanol–water partition coefficient (Wildman–Crippen LogP) is 3.60. The fourth-order valence-electron chi connectivity index (χ4n) is 4.52. The molecule has 9 heteroatoms. The van der Waals surface area contributed by atoms with Crippen molar-refractivity contribution in [2.45, 2.75) is 62.2 Å². The molecule has 2 fully saturated rings. The van der Waals surface area contributed by atoms with Gasteiger partial charge in [-0.2, -0.15) is 16.1 Å². The number of carbonyl (C=O) groups is 1. The largest absolute Gasteiger partial charge is 0.465 e. The van der Waals surface area contributed by atoms with Crippen molar-refractivity contribution in [3.8, 4) is 0 Å². The van der Waals surface area contributed by atoms with Gasteiger partial charge < -0.3 is 4.74 Å². The minimum Gasteiger partial charge on any atom is -0.465 e. The summed E-state index contributed by atoms with van der Waals surface area (Å²) in [5.74, 6) is 2.33. The number of rotatable bonds is 8. The molecule has 1 saturated carbocycles. The second-order valence-electron chi connectivity index (χ2n) is 8.53. The number of hydrogen-bond donors (Lipinski definition) is 0. The standard InChI is InChI=1S/C21H32N2O4S3/c1-3-9-23(13-15-4-5-15)30(25,26)21-19(20(24)27-2)17-6-10-22(14-18(17)29-21)16-7-11-28-12-8-16/h15-16H,3-14H2,1-2H3. The molecule has 4 rings (SSSR count). The van der Waals surface area contributed by atoms with Crippen LogP contribution in [0.25, 0.3) is 0 Å². The van der Waals surface area contributed by atoms with E-state index in [9.17, 15) is 13.2 Å². The summed E-state index contributed by atoms with van der Waals surface area (Å²) in [6.45, 7) is 4.67. The number of sulfonamides is 1. The highest BCUT2D eigenvalue weighted by molar-refractivity contribution is 7.99. The Morgan fingerprint density at radius 1 is 1.23 bits per heavy atom. The fourth-order valence-corrected chi connectivity index (χ4v) is 9.25. The lowest BCUT2D eigenvalue weighted by Crippen LogP contribution is -2.41. The van der Waals surface area contributed by atoms with Crippen molar-refractivity contribution in [1.82, 2.24) is 9.21 Å². The number of carbonyl (C=O) groups excluding carboxylic acids is 1. The maximum Gasteiger partial charge on any atom is 0.340 e. The fraction of sp³-hybridized carbons (Fsp3) is 0.762. The topological polar surface area (TPSA) is 66.9 Å². The third-order valence-corrected chi connectivity index (χ3v) is 11.0. The van der Waals surface area contributed by atoms with Crippen molar-refractivity contribution in [1.29, 1.82) is 0 Å². The highest BCUT2D eigenvalue weighted by atomic mass is 32.2. The van der Waals surface area contributed by atoms with Crippen LogP contribution in [0, 0.1) is 5.92 Å². The van der Waals surface area contributed by atoms with Crippen molar-refractivity contribution in [3.63, 3.8) is 0 Å². The van der Waals surface area contributed by atoms with E-state index in [0.717, 1.165) is 42.8 Å². The molecule has 0 amide bonds. The molecule has 0 N–H and O–H groups in total. The molecule has 0 atom stereocenters. The van der Waals surface area contributed by atoms with Gasteiger partial charge in [-0.1, -0.05) is 6.92 Å². The van der Waals surface area contributed by atoms with E-state index in [4.69, 9.17) is 4.74 Å². The Morgan fingerprint density at radius 3 is 2.60 bits per heavy atom. The van der Waals surface area contributed by atoms with Gasteiger partial charge in [0.1, 0.15) is 4.21 Å². The Bertz CT molecular complexity index is 873. The number of thiophene rings is 1. The van der Waals surface area contributed by atoms with Crippen LogP contribution in [0.4, 0.5) is 0 Å². The summed E-state index contributed by atoms with van der Waals surface area (Å²) in [6.07, 6.45) is 6.03. The van der Waals surface area contributed by atoms with Crippen molar-refractivity contribution in [3.05, 3.63) is 16.0 Å².